The van der Waals surface area contributed by atoms with Crippen LogP contribution in [0.25, 0.3) is 0 Å². The van der Waals surface area contributed by atoms with E-state index >= 15 is 0 Å². The van der Waals surface area contributed by atoms with Crippen molar-refractivity contribution in [2.75, 3.05) is 13.1 Å². The van der Waals surface area contributed by atoms with Gasteiger partial charge < -0.3 is 4.90 Å². The van der Waals surface area contributed by atoms with Crippen LogP contribution in [-0.2, 0) is 17.9 Å². The molecule has 2 aromatic rings. The summed E-state index contributed by atoms with van der Waals surface area (Å²) in [6.07, 6.45) is 2.42. The van der Waals surface area contributed by atoms with Crippen LogP contribution in [0.4, 0.5) is 0 Å². The molecule has 0 atom stereocenters. The van der Waals surface area contributed by atoms with Gasteiger partial charge in [-0.05, 0) is 37.8 Å². The lowest BCUT2D eigenvalue weighted by Crippen LogP contribution is -2.40. The summed E-state index contributed by atoms with van der Waals surface area (Å²) in [6, 6.07) is 19.4. The van der Waals surface area contributed by atoms with E-state index in [-0.39, 0.29) is 5.91 Å². The van der Waals surface area contributed by atoms with Gasteiger partial charge in [-0.2, -0.15) is 0 Å². The van der Waals surface area contributed by atoms with Gasteiger partial charge in [0, 0.05) is 25.7 Å². The molecule has 0 heterocycles. The Bertz CT molecular complexity index is 694. The van der Waals surface area contributed by atoms with Crippen molar-refractivity contribution >= 4 is 5.91 Å². The highest BCUT2D eigenvalue weighted by Gasteiger charge is 2.31. The number of rotatable bonds is 8. The molecule has 0 aromatic heterocycles. The number of hydrogen-bond donors (Lipinski definition) is 0. The predicted octanol–water partition coefficient (Wildman–Crippen LogP) is 4.01. The van der Waals surface area contributed by atoms with Crippen molar-refractivity contribution in [1.29, 1.82) is 0 Å². The van der Waals surface area contributed by atoms with E-state index in [0.717, 1.165) is 13.1 Å². The quantitative estimate of drug-likeness (QED) is 0.727. The smallest absolute Gasteiger partial charge is 0.237 e. The molecule has 132 valence electrons. The lowest BCUT2D eigenvalue weighted by Gasteiger charge is -2.27. The van der Waals surface area contributed by atoms with Gasteiger partial charge in [0.2, 0.25) is 5.91 Å². The molecule has 1 fully saturated rings. The van der Waals surface area contributed by atoms with Gasteiger partial charge in [-0.1, -0.05) is 60.2 Å². The van der Waals surface area contributed by atoms with Crippen LogP contribution in [0, 0.1) is 6.92 Å². The molecule has 0 unspecified atom stereocenters. The van der Waals surface area contributed by atoms with Crippen LogP contribution in [-0.4, -0.2) is 34.8 Å². The maximum atomic E-state index is 12.9. The Morgan fingerprint density at radius 1 is 1.00 bits per heavy atom. The molecule has 1 aliphatic carbocycles. The third-order valence-electron chi connectivity index (χ3n) is 4.82. The Morgan fingerprint density at radius 2 is 1.72 bits per heavy atom. The number of carbonyl (C=O) groups is 1. The van der Waals surface area contributed by atoms with Crippen molar-refractivity contribution in [3.63, 3.8) is 0 Å². The van der Waals surface area contributed by atoms with Crippen molar-refractivity contribution in [3.05, 3.63) is 71.3 Å². The number of likely N-dealkylation sites (N-methyl/N-ethyl adjacent to an activating group) is 1. The monoisotopic (exact) mass is 336 g/mol. The van der Waals surface area contributed by atoms with E-state index in [2.05, 4.69) is 55.1 Å². The molecule has 0 saturated heterocycles. The molecule has 3 rings (SSSR count). The van der Waals surface area contributed by atoms with Crippen molar-refractivity contribution in [2.45, 2.75) is 45.8 Å². The first-order valence-corrected chi connectivity index (χ1v) is 9.27. The van der Waals surface area contributed by atoms with Crippen molar-refractivity contribution in [1.82, 2.24) is 9.80 Å². The number of nitrogens with zero attached hydrogens (tertiary/aromatic N) is 2. The first-order valence-electron chi connectivity index (χ1n) is 9.27. The van der Waals surface area contributed by atoms with E-state index in [0.29, 0.717) is 19.1 Å². The average Bonchev–Trinajstić information content (AvgIpc) is 3.45. The van der Waals surface area contributed by atoms with E-state index in [9.17, 15) is 4.79 Å². The molecule has 0 N–H and O–H groups in total. The molecule has 1 aliphatic rings. The molecule has 1 saturated carbocycles. The van der Waals surface area contributed by atoms with Crippen LogP contribution in [0.3, 0.4) is 0 Å². The summed E-state index contributed by atoms with van der Waals surface area (Å²) in [5.74, 6) is 0.228. The van der Waals surface area contributed by atoms with Crippen LogP contribution in [0.5, 0.6) is 0 Å². The van der Waals surface area contributed by atoms with E-state index in [1.807, 2.05) is 23.1 Å². The maximum absolute atomic E-state index is 12.9. The second-order valence-electron chi connectivity index (χ2n) is 7.02. The third-order valence-corrected chi connectivity index (χ3v) is 4.82. The van der Waals surface area contributed by atoms with Gasteiger partial charge in [0.05, 0.1) is 6.54 Å². The minimum absolute atomic E-state index is 0.228. The Labute approximate surface area is 151 Å². The molecule has 3 heteroatoms. The number of aryl methyl sites for hydroxylation is 1. The fraction of sp³-hybridized carbons (Fsp3) is 0.409. The fourth-order valence-electron chi connectivity index (χ4n) is 3.25. The molecule has 0 aliphatic heterocycles. The van der Waals surface area contributed by atoms with Gasteiger partial charge in [-0.15, -0.1) is 0 Å². The summed E-state index contributed by atoms with van der Waals surface area (Å²) < 4.78 is 0. The van der Waals surface area contributed by atoms with E-state index in [1.165, 1.54) is 29.5 Å². The Balaban J connectivity index is 1.63. The van der Waals surface area contributed by atoms with Crippen LogP contribution in [0.1, 0.15) is 36.5 Å². The first kappa shape index (κ1) is 17.7. The highest BCUT2D eigenvalue weighted by molar-refractivity contribution is 5.78. The molecule has 3 nitrogen and oxygen atoms in total. The predicted molar refractivity (Wildman–Crippen MR) is 102 cm³/mol. The molecule has 1 amide bonds. The van der Waals surface area contributed by atoms with Crippen molar-refractivity contribution in [2.24, 2.45) is 0 Å². The van der Waals surface area contributed by atoms with Gasteiger partial charge in [0.15, 0.2) is 0 Å². The van der Waals surface area contributed by atoms with Gasteiger partial charge in [0.25, 0.3) is 0 Å². The van der Waals surface area contributed by atoms with Crippen molar-refractivity contribution < 1.29 is 4.79 Å². The van der Waals surface area contributed by atoms with E-state index in [4.69, 9.17) is 0 Å². The minimum Gasteiger partial charge on any atom is -0.338 e. The standard InChI is InChI=1S/C22H28N2O/c1-3-23(15-19-9-5-4-6-10-19)22(25)17-24(21-12-13-21)16-20-11-7-8-18(2)14-20/h4-11,14,21H,3,12-13,15-17H2,1-2H3. The minimum atomic E-state index is 0.228. The number of carbonyl (C=O) groups excluding carboxylic acids is 1. The molecule has 2 aromatic carbocycles. The largest absolute Gasteiger partial charge is 0.338 e. The zero-order valence-electron chi connectivity index (χ0n) is 15.3. The van der Waals surface area contributed by atoms with Crippen LogP contribution in [0.15, 0.2) is 54.6 Å². The number of benzene rings is 2. The molecule has 25 heavy (non-hydrogen) atoms. The van der Waals surface area contributed by atoms with Gasteiger partial charge in [-0.25, -0.2) is 0 Å². The topological polar surface area (TPSA) is 23.6 Å². The fourth-order valence-corrected chi connectivity index (χ4v) is 3.25. The lowest BCUT2D eigenvalue weighted by atomic mass is 10.1. The van der Waals surface area contributed by atoms with Crippen molar-refractivity contribution in [3.8, 4) is 0 Å². The SMILES string of the molecule is CCN(Cc1ccccc1)C(=O)CN(Cc1cccc(C)c1)C1CC1. The molecular formula is C22H28N2O. The van der Waals surface area contributed by atoms with Crippen LogP contribution >= 0.6 is 0 Å². The zero-order chi connectivity index (χ0) is 17.6. The molecule has 0 radical (unpaired) electrons. The van der Waals surface area contributed by atoms with Crippen LogP contribution in [0.2, 0.25) is 0 Å². The second kappa shape index (κ2) is 8.30. The zero-order valence-corrected chi connectivity index (χ0v) is 15.3. The van der Waals surface area contributed by atoms with E-state index in [1.54, 1.807) is 0 Å². The first-order chi connectivity index (χ1) is 12.2. The highest BCUT2D eigenvalue weighted by atomic mass is 16.2. The average molecular weight is 336 g/mol. The summed E-state index contributed by atoms with van der Waals surface area (Å²) in [4.78, 5) is 17.2. The Morgan fingerprint density at radius 3 is 2.36 bits per heavy atom. The summed E-state index contributed by atoms with van der Waals surface area (Å²) in [6.45, 7) is 6.99. The van der Waals surface area contributed by atoms with Crippen LogP contribution < -0.4 is 0 Å². The summed E-state index contributed by atoms with van der Waals surface area (Å²) in [7, 11) is 0. The summed E-state index contributed by atoms with van der Waals surface area (Å²) >= 11 is 0. The summed E-state index contributed by atoms with van der Waals surface area (Å²) in [5, 5.41) is 0. The normalized spacial score (nSPS) is 13.9. The third kappa shape index (κ3) is 5.17. The second-order valence-corrected chi connectivity index (χ2v) is 7.02. The Hall–Kier alpha value is -2.13. The van der Waals surface area contributed by atoms with Gasteiger partial charge in [0.1, 0.15) is 0 Å². The van der Waals surface area contributed by atoms with Gasteiger partial charge >= 0.3 is 0 Å². The highest BCUT2D eigenvalue weighted by Crippen LogP contribution is 2.28. The lowest BCUT2D eigenvalue weighted by molar-refractivity contribution is -0.133. The van der Waals surface area contributed by atoms with Gasteiger partial charge in [-0.3, -0.25) is 9.69 Å². The number of amides is 1. The molecular weight excluding hydrogens is 308 g/mol. The number of hydrogen-bond acceptors (Lipinski definition) is 2. The summed E-state index contributed by atoms with van der Waals surface area (Å²) in [5.41, 5.74) is 3.76. The Kier molecular flexibility index (Phi) is 5.87. The molecule has 0 spiro atoms. The molecule has 0 bridgehead atoms. The van der Waals surface area contributed by atoms with E-state index < -0.39 is 0 Å². The maximum Gasteiger partial charge on any atom is 0.237 e.